The highest BCUT2D eigenvalue weighted by atomic mass is 19.1. The van der Waals surface area contributed by atoms with Crippen LogP contribution in [-0.2, 0) is 79.4 Å². The average Bonchev–Trinajstić information content (AvgIpc) is 4.24. The number of ether oxygens (including phenoxy) is 2. The summed E-state index contributed by atoms with van der Waals surface area (Å²) in [6.07, 6.45) is 2.85. The second kappa shape index (κ2) is 25.5. The molecule has 5 heterocycles. The molecule has 8 N–H and O–H groups in total. The van der Waals surface area contributed by atoms with E-state index in [1.807, 2.05) is 20.8 Å². The minimum absolute atomic E-state index is 0.0402. The number of hydrogen-bond donors (Lipinski definition) is 8. The van der Waals surface area contributed by atoms with Gasteiger partial charge in [0.25, 0.3) is 5.56 Å². The summed E-state index contributed by atoms with van der Waals surface area (Å²) >= 11 is 0. The molecule has 23 heteroatoms. The van der Waals surface area contributed by atoms with Crippen LogP contribution in [0.5, 0.6) is 0 Å². The predicted octanol–water partition coefficient (Wildman–Crippen LogP) is 2.35. The molecule has 1 aliphatic carbocycles. The number of aliphatic hydroxyl groups excluding tert-OH is 1. The Labute approximate surface area is 467 Å². The Balaban J connectivity index is 0.779. The van der Waals surface area contributed by atoms with Gasteiger partial charge in [-0.05, 0) is 85.6 Å². The third-order valence-corrected chi connectivity index (χ3v) is 16.7. The van der Waals surface area contributed by atoms with Crippen LogP contribution < -0.4 is 37.5 Å². The van der Waals surface area contributed by atoms with Gasteiger partial charge in [0.15, 0.2) is 6.29 Å². The lowest BCUT2D eigenvalue weighted by atomic mass is 9.72. The van der Waals surface area contributed by atoms with Crippen LogP contribution in [0.4, 0.5) is 4.39 Å². The van der Waals surface area contributed by atoms with Gasteiger partial charge in [0.2, 0.25) is 47.3 Å². The number of carbonyl (C=O) groups is 8. The van der Waals surface area contributed by atoms with Crippen LogP contribution in [0.2, 0.25) is 0 Å². The van der Waals surface area contributed by atoms with Gasteiger partial charge in [0.1, 0.15) is 30.8 Å². The van der Waals surface area contributed by atoms with Crippen LogP contribution in [0.1, 0.15) is 130 Å². The maximum absolute atomic E-state index is 15.4. The van der Waals surface area contributed by atoms with Gasteiger partial charge in [0.05, 0.1) is 61.7 Å². The van der Waals surface area contributed by atoms with Gasteiger partial charge in [0, 0.05) is 54.0 Å². The zero-order valence-corrected chi connectivity index (χ0v) is 46.4. The molecule has 0 saturated carbocycles. The van der Waals surface area contributed by atoms with E-state index in [0.29, 0.717) is 83.2 Å². The fourth-order valence-corrected chi connectivity index (χ4v) is 11.4. The minimum atomic E-state index is -1.86. The number of aromatic nitrogens is 2. The molecular weight excluding hydrogens is 1050 g/mol. The standard InChI is InChI=1S/C58H72FN9O13/c1-6-57(5,7-2)38-23-49(74)67(55(38)77)20-14-10-13-17-44(69)60-25-45(70)61-27-47(72)65-42(21-33-15-11-9-12-16-33)53(75)62-26-46(71)63-31-80-30-48(73)64-40-19-18-34-32(4)39(59)24-41-50(34)51(40)35-28-68-43(52(35)66-41)22-37-36(54(68)76)29-81-56(78)58(37,79)8-3/h9,11-12,15-16,22,24,38,40,42,56,78-79H,6-8,10,13-14,17-21,23,25-31H2,1-5H3,(H,60,69)(H,61,70)(H,62,75)(H,63,71)(H,64,73)(H,65,72)/t38?,40-,42?,56?,58-/m0/s1. The molecular formula is C58H72FN9O13. The van der Waals surface area contributed by atoms with E-state index in [9.17, 15) is 53.4 Å². The van der Waals surface area contributed by atoms with E-state index in [1.165, 1.54) is 15.5 Å². The molecule has 2 aromatic heterocycles. The molecule has 1 fully saturated rings. The molecule has 22 nitrogen and oxygen atoms in total. The molecule has 81 heavy (non-hydrogen) atoms. The van der Waals surface area contributed by atoms with Crippen molar-refractivity contribution >= 4 is 58.2 Å². The molecule has 8 rings (SSSR count). The molecule has 434 valence electrons. The number of rotatable bonds is 25. The van der Waals surface area contributed by atoms with Crippen molar-refractivity contribution in [3.05, 3.63) is 97.6 Å². The Morgan fingerprint density at radius 2 is 1.59 bits per heavy atom. The number of hydrogen-bond acceptors (Lipinski definition) is 14. The maximum atomic E-state index is 15.4. The molecule has 8 amide bonds. The van der Waals surface area contributed by atoms with Crippen LogP contribution in [0.25, 0.3) is 22.3 Å². The van der Waals surface area contributed by atoms with E-state index in [-0.39, 0.29) is 79.0 Å². The van der Waals surface area contributed by atoms with Gasteiger partial charge < -0.3 is 56.2 Å². The normalized spacial score (nSPS) is 19.3. The highest BCUT2D eigenvalue weighted by Gasteiger charge is 2.47. The van der Waals surface area contributed by atoms with Crippen LogP contribution in [0, 0.1) is 24.1 Å². The molecule has 5 atom stereocenters. The second-order valence-electron chi connectivity index (χ2n) is 21.6. The molecule has 4 aromatic rings. The van der Waals surface area contributed by atoms with Gasteiger partial charge in [-0.3, -0.25) is 48.1 Å². The largest absolute Gasteiger partial charge is 0.380 e. The molecule has 2 aromatic carbocycles. The lowest BCUT2D eigenvalue weighted by molar-refractivity contribution is -0.236. The minimum Gasteiger partial charge on any atom is -0.380 e. The molecule has 3 unspecified atom stereocenters. The van der Waals surface area contributed by atoms with Gasteiger partial charge in [-0.25, -0.2) is 9.37 Å². The monoisotopic (exact) mass is 1120 g/mol. The van der Waals surface area contributed by atoms with Crippen molar-refractivity contribution in [3.63, 3.8) is 0 Å². The van der Waals surface area contributed by atoms with Crippen LogP contribution in [-0.4, -0.2) is 124 Å². The maximum Gasteiger partial charge on any atom is 0.257 e. The first-order valence-corrected chi connectivity index (χ1v) is 27.8. The van der Waals surface area contributed by atoms with Crippen molar-refractivity contribution in [2.45, 2.75) is 142 Å². The van der Waals surface area contributed by atoms with Gasteiger partial charge in [-0.2, -0.15) is 0 Å². The van der Waals surface area contributed by atoms with Crippen LogP contribution in [0.15, 0.2) is 47.3 Å². The summed E-state index contributed by atoms with van der Waals surface area (Å²) in [6, 6.07) is 9.96. The van der Waals surface area contributed by atoms with Crippen molar-refractivity contribution in [2.24, 2.45) is 11.3 Å². The smallest absolute Gasteiger partial charge is 0.257 e. The number of nitrogens with zero attached hydrogens (tertiary/aromatic N) is 3. The van der Waals surface area contributed by atoms with Crippen LogP contribution in [0.3, 0.4) is 0 Å². The van der Waals surface area contributed by atoms with Gasteiger partial charge in [-0.1, -0.05) is 64.4 Å². The number of carbonyl (C=O) groups excluding carboxylic acids is 8. The number of pyridine rings is 2. The average molecular weight is 1120 g/mol. The number of amides is 8. The van der Waals surface area contributed by atoms with E-state index in [4.69, 9.17) is 14.5 Å². The Morgan fingerprint density at radius 1 is 0.889 bits per heavy atom. The summed E-state index contributed by atoms with van der Waals surface area (Å²) in [5.41, 5.74) is 2.16. The first kappa shape index (κ1) is 59.6. The first-order chi connectivity index (χ1) is 38.7. The third-order valence-electron chi connectivity index (χ3n) is 16.7. The number of benzene rings is 2. The molecule has 1 saturated heterocycles. The quantitative estimate of drug-likeness (QED) is 0.0237. The van der Waals surface area contributed by atoms with Crippen molar-refractivity contribution < 1.29 is 62.4 Å². The number of likely N-dealkylation sites (tertiary alicyclic amines) is 1. The van der Waals surface area contributed by atoms with E-state index in [0.717, 1.165) is 18.4 Å². The number of nitrogens with one attached hydrogen (secondary N) is 6. The zero-order valence-electron chi connectivity index (χ0n) is 46.4. The summed E-state index contributed by atoms with van der Waals surface area (Å²) < 4.78 is 27.8. The first-order valence-electron chi connectivity index (χ1n) is 27.8. The number of unbranched alkanes of at least 4 members (excludes halogenated alkanes) is 2. The van der Waals surface area contributed by atoms with Crippen LogP contribution >= 0.6 is 0 Å². The molecule has 0 bridgehead atoms. The zero-order chi connectivity index (χ0) is 58.3. The van der Waals surface area contributed by atoms with Gasteiger partial charge >= 0.3 is 0 Å². The van der Waals surface area contributed by atoms with Crippen molar-refractivity contribution in [3.8, 4) is 11.4 Å². The predicted molar refractivity (Wildman–Crippen MR) is 291 cm³/mol. The Kier molecular flexibility index (Phi) is 18.8. The summed E-state index contributed by atoms with van der Waals surface area (Å²) in [7, 11) is 0. The molecule has 0 radical (unpaired) electrons. The highest BCUT2D eigenvalue weighted by molar-refractivity contribution is 6.04. The number of halogens is 1. The fraction of sp³-hybridized carbons (Fsp3) is 0.517. The van der Waals surface area contributed by atoms with E-state index < -0.39 is 97.9 Å². The lowest BCUT2D eigenvalue weighted by Gasteiger charge is -2.37. The van der Waals surface area contributed by atoms with Crippen molar-refractivity contribution in [1.29, 1.82) is 0 Å². The summed E-state index contributed by atoms with van der Waals surface area (Å²) in [6.45, 7) is 7.25. The van der Waals surface area contributed by atoms with E-state index >= 15 is 4.39 Å². The number of aliphatic hydroxyl groups is 2. The highest BCUT2D eigenvalue weighted by Crippen LogP contribution is 2.47. The number of aryl methyl sites for hydroxylation is 1. The lowest BCUT2D eigenvalue weighted by Crippen LogP contribution is -2.52. The Bertz CT molecular complexity index is 3180. The number of fused-ring (bicyclic) bond motifs is 5. The molecule has 4 aliphatic rings. The van der Waals surface area contributed by atoms with Crippen molar-refractivity contribution in [1.82, 2.24) is 46.4 Å². The Morgan fingerprint density at radius 3 is 2.32 bits per heavy atom. The van der Waals surface area contributed by atoms with Gasteiger partial charge in [-0.15, -0.1) is 0 Å². The van der Waals surface area contributed by atoms with E-state index in [1.54, 1.807) is 50.2 Å². The molecule has 0 spiro atoms. The second-order valence-corrected chi connectivity index (χ2v) is 21.6. The topological polar surface area (TPSA) is 306 Å². The molecule has 3 aliphatic heterocycles. The third kappa shape index (κ3) is 12.9. The van der Waals surface area contributed by atoms with E-state index in [2.05, 4.69) is 31.9 Å². The fourth-order valence-electron chi connectivity index (χ4n) is 11.4. The summed E-state index contributed by atoms with van der Waals surface area (Å²) in [5.74, 6) is -4.72. The Hall–Kier alpha value is -7.47. The number of imide groups is 1. The van der Waals surface area contributed by atoms with Crippen molar-refractivity contribution in [2.75, 3.05) is 39.5 Å². The SMILES string of the molecule is CCC(C)(CC)C1CC(=O)N(CCCCCC(=O)NCC(=O)NCC(=O)NC(Cc2ccccc2)C(=O)NCC(=O)NCOCC(=O)N[C@H]2CCc3c(C)c(F)cc4nc5c(c2c34)Cn2c-5cc3c(c2=O)COC(O)[C@]3(O)CC)C1=O. The summed E-state index contributed by atoms with van der Waals surface area (Å²) in [4.78, 5) is 124. The summed E-state index contributed by atoms with van der Waals surface area (Å²) in [5, 5.41) is 38.3.